The third kappa shape index (κ3) is 5.25. The number of anilines is 2. The minimum Gasteiger partial charge on any atom is -0.334 e. The maximum atomic E-state index is 12.3. The quantitative estimate of drug-likeness (QED) is 0.605. The van der Waals surface area contributed by atoms with Gasteiger partial charge in [0.15, 0.2) is 0 Å². The van der Waals surface area contributed by atoms with Crippen LogP contribution in [0.4, 0.5) is 16.3 Å². The molecule has 3 aromatic rings. The molecule has 0 spiro atoms. The number of urea groups is 1. The van der Waals surface area contributed by atoms with Crippen molar-refractivity contribution in [2.24, 2.45) is 0 Å². The molecule has 9 heteroatoms. The lowest BCUT2D eigenvalue weighted by atomic mass is 10.3. The van der Waals surface area contributed by atoms with Gasteiger partial charge in [0, 0.05) is 30.8 Å². The van der Waals surface area contributed by atoms with Gasteiger partial charge in [0.05, 0.1) is 4.90 Å². The Labute approximate surface area is 156 Å². The SMILES string of the molecule is O=C(NCc1cccnc1)Nc1ccc(S(=O)(=O)Nc2ccccn2)cc1. The highest BCUT2D eigenvalue weighted by molar-refractivity contribution is 7.92. The average Bonchev–Trinajstić information content (AvgIpc) is 2.68. The Bertz CT molecular complexity index is 994. The summed E-state index contributed by atoms with van der Waals surface area (Å²) in [6.07, 6.45) is 4.81. The molecule has 0 saturated heterocycles. The topological polar surface area (TPSA) is 113 Å². The highest BCUT2D eigenvalue weighted by Gasteiger charge is 2.14. The number of pyridine rings is 2. The summed E-state index contributed by atoms with van der Waals surface area (Å²) in [6, 6.07) is 14.0. The third-order valence-corrected chi connectivity index (χ3v) is 4.87. The van der Waals surface area contributed by atoms with Crippen molar-refractivity contribution in [3.8, 4) is 0 Å². The maximum Gasteiger partial charge on any atom is 0.319 e. The van der Waals surface area contributed by atoms with Gasteiger partial charge in [0.2, 0.25) is 0 Å². The van der Waals surface area contributed by atoms with Crippen LogP contribution in [0.25, 0.3) is 0 Å². The third-order valence-electron chi connectivity index (χ3n) is 3.50. The van der Waals surface area contributed by atoms with Gasteiger partial charge >= 0.3 is 6.03 Å². The molecule has 3 N–H and O–H groups in total. The number of hydrogen-bond acceptors (Lipinski definition) is 5. The Morgan fingerprint density at radius 3 is 2.44 bits per heavy atom. The zero-order chi connectivity index (χ0) is 19.1. The lowest BCUT2D eigenvalue weighted by Crippen LogP contribution is -2.28. The van der Waals surface area contributed by atoms with E-state index in [2.05, 4.69) is 25.3 Å². The molecule has 0 aliphatic carbocycles. The number of hydrogen-bond donors (Lipinski definition) is 3. The number of benzene rings is 1. The van der Waals surface area contributed by atoms with Gasteiger partial charge in [-0.3, -0.25) is 9.71 Å². The summed E-state index contributed by atoms with van der Waals surface area (Å²) < 4.78 is 27.1. The number of carbonyl (C=O) groups excluding carboxylic acids is 1. The van der Waals surface area contributed by atoms with Crippen LogP contribution in [-0.4, -0.2) is 24.4 Å². The molecule has 0 atom stereocenters. The Morgan fingerprint density at radius 1 is 0.963 bits per heavy atom. The van der Waals surface area contributed by atoms with Crippen molar-refractivity contribution in [2.75, 3.05) is 10.0 Å². The predicted molar refractivity (Wildman–Crippen MR) is 102 cm³/mol. The van der Waals surface area contributed by atoms with Gasteiger partial charge in [-0.1, -0.05) is 12.1 Å². The first kappa shape index (κ1) is 18.3. The summed E-state index contributed by atoms with van der Waals surface area (Å²) in [5, 5.41) is 5.34. The van der Waals surface area contributed by atoms with Gasteiger partial charge in [-0.15, -0.1) is 0 Å². The van der Waals surface area contributed by atoms with Crippen molar-refractivity contribution in [2.45, 2.75) is 11.4 Å². The number of amides is 2. The van der Waals surface area contributed by atoms with E-state index in [1.165, 1.54) is 30.5 Å². The van der Waals surface area contributed by atoms with Crippen molar-refractivity contribution in [1.82, 2.24) is 15.3 Å². The molecule has 2 heterocycles. The summed E-state index contributed by atoms with van der Waals surface area (Å²) in [6.45, 7) is 0.333. The summed E-state index contributed by atoms with van der Waals surface area (Å²) in [5.41, 5.74) is 1.34. The summed E-state index contributed by atoms with van der Waals surface area (Å²) >= 11 is 0. The van der Waals surface area contributed by atoms with Gasteiger partial charge < -0.3 is 10.6 Å². The fraction of sp³-hybridized carbons (Fsp3) is 0.0556. The molecule has 2 aromatic heterocycles. The van der Waals surface area contributed by atoms with E-state index in [1.54, 1.807) is 36.7 Å². The molecule has 27 heavy (non-hydrogen) atoms. The molecule has 138 valence electrons. The van der Waals surface area contributed by atoms with Crippen molar-refractivity contribution < 1.29 is 13.2 Å². The maximum absolute atomic E-state index is 12.3. The van der Waals surface area contributed by atoms with Gasteiger partial charge in [0.25, 0.3) is 10.0 Å². The number of aromatic nitrogens is 2. The van der Waals surface area contributed by atoms with Gasteiger partial charge in [0.1, 0.15) is 5.82 Å². The molecule has 2 amide bonds. The Kier molecular flexibility index (Phi) is 5.62. The second kappa shape index (κ2) is 8.28. The first-order valence-corrected chi connectivity index (χ1v) is 9.49. The fourth-order valence-electron chi connectivity index (χ4n) is 2.20. The summed E-state index contributed by atoms with van der Waals surface area (Å²) in [4.78, 5) is 19.9. The Morgan fingerprint density at radius 2 is 1.78 bits per heavy atom. The van der Waals surface area contributed by atoms with Crippen molar-refractivity contribution in [1.29, 1.82) is 0 Å². The number of nitrogens with zero attached hydrogens (tertiary/aromatic N) is 2. The largest absolute Gasteiger partial charge is 0.334 e. The summed E-state index contributed by atoms with van der Waals surface area (Å²) in [5.74, 6) is 0.231. The lowest BCUT2D eigenvalue weighted by molar-refractivity contribution is 0.251. The van der Waals surface area contributed by atoms with Crippen LogP contribution in [0, 0.1) is 0 Å². The molecule has 8 nitrogen and oxygen atoms in total. The van der Waals surface area contributed by atoms with Gasteiger partial charge in [-0.05, 0) is 48.0 Å². The van der Waals surface area contributed by atoms with Gasteiger partial charge in [-0.25, -0.2) is 18.2 Å². The summed E-state index contributed by atoms with van der Waals surface area (Å²) in [7, 11) is -3.75. The fourth-order valence-corrected chi connectivity index (χ4v) is 3.21. The van der Waals surface area contributed by atoms with E-state index in [4.69, 9.17) is 0 Å². The molecule has 0 saturated carbocycles. The normalized spacial score (nSPS) is 10.8. The molecule has 3 rings (SSSR count). The minimum atomic E-state index is -3.75. The van der Waals surface area contributed by atoms with Gasteiger partial charge in [-0.2, -0.15) is 0 Å². The van der Waals surface area contributed by atoms with Crippen LogP contribution < -0.4 is 15.4 Å². The van der Waals surface area contributed by atoms with E-state index < -0.39 is 16.1 Å². The molecule has 0 bridgehead atoms. The minimum absolute atomic E-state index is 0.0643. The predicted octanol–water partition coefficient (Wildman–Crippen LogP) is 2.60. The molecule has 0 aliphatic heterocycles. The Hall–Kier alpha value is -3.46. The van der Waals surface area contributed by atoms with E-state index in [1.807, 2.05) is 6.07 Å². The van der Waals surface area contributed by atoms with E-state index in [0.717, 1.165) is 5.56 Å². The number of sulfonamides is 1. The van der Waals surface area contributed by atoms with Crippen LogP contribution in [0.2, 0.25) is 0 Å². The lowest BCUT2D eigenvalue weighted by Gasteiger charge is -2.10. The molecular formula is C18H17N5O3S. The van der Waals surface area contributed by atoms with Crippen LogP contribution in [-0.2, 0) is 16.6 Å². The average molecular weight is 383 g/mol. The zero-order valence-corrected chi connectivity index (χ0v) is 15.0. The number of rotatable bonds is 6. The second-order valence-corrected chi connectivity index (χ2v) is 7.20. The van der Waals surface area contributed by atoms with Crippen LogP contribution in [0.5, 0.6) is 0 Å². The number of carbonyl (C=O) groups is 1. The van der Waals surface area contributed by atoms with E-state index >= 15 is 0 Å². The second-order valence-electron chi connectivity index (χ2n) is 5.51. The molecule has 0 fully saturated rings. The molecule has 0 aliphatic rings. The van der Waals surface area contributed by atoms with Crippen molar-refractivity contribution in [3.63, 3.8) is 0 Å². The zero-order valence-electron chi connectivity index (χ0n) is 14.2. The van der Waals surface area contributed by atoms with Crippen LogP contribution in [0.3, 0.4) is 0 Å². The standard InChI is InChI=1S/C18H17N5O3S/c24-18(21-13-14-4-3-10-19-12-14)22-15-6-8-16(9-7-15)27(25,26)23-17-5-1-2-11-20-17/h1-12H,13H2,(H,20,23)(H2,21,22,24). The smallest absolute Gasteiger partial charge is 0.319 e. The molecule has 1 aromatic carbocycles. The van der Waals surface area contributed by atoms with Crippen LogP contribution >= 0.6 is 0 Å². The number of nitrogens with one attached hydrogen (secondary N) is 3. The Balaban J connectivity index is 1.59. The molecule has 0 unspecified atom stereocenters. The van der Waals surface area contributed by atoms with Crippen LogP contribution in [0.1, 0.15) is 5.56 Å². The van der Waals surface area contributed by atoms with E-state index in [0.29, 0.717) is 12.2 Å². The highest BCUT2D eigenvalue weighted by Crippen LogP contribution is 2.17. The van der Waals surface area contributed by atoms with E-state index in [-0.39, 0.29) is 10.7 Å². The molecular weight excluding hydrogens is 366 g/mol. The first-order chi connectivity index (χ1) is 13.0. The van der Waals surface area contributed by atoms with Crippen LogP contribution in [0.15, 0.2) is 78.1 Å². The first-order valence-electron chi connectivity index (χ1n) is 8.01. The van der Waals surface area contributed by atoms with Crippen molar-refractivity contribution >= 4 is 27.6 Å². The molecule has 0 radical (unpaired) electrons. The monoisotopic (exact) mass is 383 g/mol. The van der Waals surface area contributed by atoms with Crippen molar-refractivity contribution in [3.05, 3.63) is 78.8 Å². The highest BCUT2D eigenvalue weighted by atomic mass is 32.2. The van der Waals surface area contributed by atoms with E-state index in [9.17, 15) is 13.2 Å².